The molecule has 0 radical (unpaired) electrons. The van der Waals surface area contributed by atoms with E-state index in [0.29, 0.717) is 19.7 Å². The number of morpholine rings is 1. The van der Waals surface area contributed by atoms with E-state index in [4.69, 9.17) is 4.74 Å². The molecule has 1 aromatic carbocycles. The zero-order chi connectivity index (χ0) is 13.2. The van der Waals surface area contributed by atoms with Crippen molar-refractivity contribution in [2.45, 2.75) is 32.0 Å². The van der Waals surface area contributed by atoms with E-state index in [2.05, 4.69) is 17.4 Å². The second kappa shape index (κ2) is 5.31. The van der Waals surface area contributed by atoms with Gasteiger partial charge >= 0.3 is 0 Å². The topological polar surface area (TPSA) is 41.6 Å². The Hall–Kier alpha value is -1.39. The minimum Gasteiger partial charge on any atom is -0.375 e. The molecule has 2 atom stereocenters. The van der Waals surface area contributed by atoms with E-state index in [0.717, 1.165) is 13.0 Å². The average Bonchev–Trinajstić information content (AvgIpc) is 2.46. The standard InChI is InChI=1S/C15H20N2O2/c1-11-10-17(6-7-19-11)15(18)14-8-12-4-2-3-5-13(12)9-16-14/h2-5,11,14,16H,6-10H2,1H3/t11-,14-/m0/s1. The summed E-state index contributed by atoms with van der Waals surface area (Å²) >= 11 is 0. The summed E-state index contributed by atoms with van der Waals surface area (Å²) in [6.45, 7) is 4.87. The van der Waals surface area contributed by atoms with E-state index in [1.54, 1.807) is 0 Å². The molecule has 0 aliphatic carbocycles. The summed E-state index contributed by atoms with van der Waals surface area (Å²) in [4.78, 5) is 14.4. The SMILES string of the molecule is C[C@H]1CN(C(=O)[C@@H]2Cc3ccccc3CN2)CCO1. The Bertz CT molecular complexity index is 475. The summed E-state index contributed by atoms with van der Waals surface area (Å²) in [6.07, 6.45) is 0.939. The van der Waals surface area contributed by atoms with Crippen LogP contribution in [0, 0.1) is 0 Å². The zero-order valence-electron chi connectivity index (χ0n) is 11.3. The van der Waals surface area contributed by atoms with E-state index in [9.17, 15) is 4.79 Å². The van der Waals surface area contributed by atoms with Crippen LogP contribution in [-0.2, 0) is 22.5 Å². The summed E-state index contributed by atoms with van der Waals surface area (Å²) in [5.74, 6) is 0.213. The quantitative estimate of drug-likeness (QED) is 0.817. The van der Waals surface area contributed by atoms with E-state index >= 15 is 0 Å². The van der Waals surface area contributed by atoms with Gasteiger partial charge in [0, 0.05) is 19.6 Å². The van der Waals surface area contributed by atoms with Crippen LogP contribution in [0.2, 0.25) is 0 Å². The normalized spacial score (nSPS) is 26.9. The number of nitrogens with one attached hydrogen (secondary N) is 1. The van der Waals surface area contributed by atoms with Gasteiger partial charge in [0.05, 0.1) is 18.8 Å². The van der Waals surface area contributed by atoms with Crippen molar-refractivity contribution in [3.63, 3.8) is 0 Å². The first kappa shape index (κ1) is 12.6. The van der Waals surface area contributed by atoms with Crippen molar-refractivity contribution in [1.29, 1.82) is 0 Å². The van der Waals surface area contributed by atoms with Crippen molar-refractivity contribution in [3.05, 3.63) is 35.4 Å². The molecule has 1 aromatic rings. The zero-order valence-corrected chi connectivity index (χ0v) is 11.3. The molecule has 0 aromatic heterocycles. The molecule has 0 saturated carbocycles. The molecule has 102 valence electrons. The Morgan fingerprint density at radius 2 is 2.16 bits per heavy atom. The molecule has 1 fully saturated rings. The van der Waals surface area contributed by atoms with Crippen molar-refractivity contribution in [3.8, 4) is 0 Å². The van der Waals surface area contributed by atoms with Gasteiger partial charge in [0.2, 0.25) is 5.91 Å². The molecule has 2 heterocycles. The fourth-order valence-electron chi connectivity index (χ4n) is 2.87. The van der Waals surface area contributed by atoms with Gasteiger partial charge < -0.3 is 15.0 Å². The monoisotopic (exact) mass is 260 g/mol. The molecule has 3 rings (SSSR count). The van der Waals surface area contributed by atoms with E-state index in [1.807, 2.05) is 24.0 Å². The van der Waals surface area contributed by atoms with Crippen LogP contribution < -0.4 is 5.32 Å². The van der Waals surface area contributed by atoms with Gasteiger partial charge in [0.1, 0.15) is 0 Å². The number of hydrogen-bond donors (Lipinski definition) is 1. The third kappa shape index (κ3) is 2.65. The second-order valence-corrected chi connectivity index (χ2v) is 5.37. The number of nitrogens with zero attached hydrogens (tertiary/aromatic N) is 1. The Labute approximate surface area is 113 Å². The first-order valence-corrected chi connectivity index (χ1v) is 6.94. The van der Waals surface area contributed by atoms with Gasteiger partial charge in [-0.05, 0) is 24.5 Å². The highest BCUT2D eigenvalue weighted by Crippen LogP contribution is 2.18. The van der Waals surface area contributed by atoms with Crippen LogP contribution in [0.4, 0.5) is 0 Å². The van der Waals surface area contributed by atoms with Crippen molar-refractivity contribution in [1.82, 2.24) is 10.2 Å². The van der Waals surface area contributed by atoms with Crippen LogP contribution in [-0.4, -0.2) is 42.6 Å². The van der Waals surface area contributed by atoms with E-state index in [1.165, 1.54) is 11.1 Å². The molecule has 0 spiro atoms. The maximum absolute atomic E-state index is 12.5. The van der Waals surface area contributed by atoms with Gasteiger partial charge in [0.25, 0.3) is 0 Å². The predicted octanol–water partition coefficient (Wildman–Crippen LogP) is 0.948. The Kier molecular flexibility index (Phi) is 3.53. The molecule has 19 heavy (non-hydrogen) atoms. The van der Waals surface area contributed by atoms with Crippen LogP contribution in [0.1, 0.15) is 18.1 Å². The van der Waals surface area contributed by atoms with Gasteiger partial charge in [-0.25, -0.2) is 0 Å². The largest absolute Gasteiger partial charge is 0.375 e. The number of benzene rings is 1. The van der Waals surface area contributed by atoms with Crippen LogP contribution in [0.15, 0.2) is 24.3 Å². The van der Waals surface area contributed by atoms with Crippen LogP contribution in [0.25, 0.3) is 0 Å². The molecular weight excluding hydrogens is 240 g/mol. The highest BCUT2D eigenvalue weighted by Gasteiger charge is 2.30. The summed E-state index contributed by atoms with van der Waals surface area (Å²) in [7, 11) is 0. The van der Waals surface area contributed by atoms with Gasteiger partial charge in [-0.3, -0.25) is 4.79 Å². The number of amides is 1. The van der Waals surface area contributed by atoms with Crippen molar-refractivity contribution in [2.24, 2.45) is 0 Å². The molecule has 0 bridgehead atoms. The van der Waals surface area contributed by atoms with Crippen molar-refractivity contribution >= 4 is 5.91 Å². The maximum Gasteiger partial charge on any atom is 0.240 e. The van der Waals surface area contributed by atoms with E-state index < -0.39 is 0 Å². The molecule has 4 nitrogen and oxygen atoms in total. The minimum absolute atomic E-state index is 0.0831. The van der Waals surface area contributed by atoms with Crippen LogP contribution in [0.5, 0.6) is 0 Å². The molecule has 2 aliphatic heterocycles. The molecule has 2 aliphatic rings. The Balaban J connectivity index is 1.69. The summed E-state index contributed by atoms with van der Waals surface area (Å²) < 4.78 is 5.49. The van der Waals surface area contributed by atoms with Gasteiger partial charge in [-0.2, -0.15) is 0 Å². The molecule has 1 amide bonds. The van der Waals surface area contributed by atoms with E-state index in [-0.39, 0.29) is 18.1 Å². The minimum atomic E-state index is -0.0831. The first-order chi connectivity index (χ1) is 9.24. The van der Waals surface area contributed by atoms with Gasteiger partial charge in [-0.1, -0.05) is 24.3 Å². The van der Waals surface area contributed by atoms with Crippen LogP contribution >= 0.6 is 0 Å². The Morgan fingerprint density at radius 3 is 2.95 bits per heavy atom. The highest BCUT2D eigenvalue weighted by atomic mass is 16.5. The van der Waals surface area contributed by atoms with Crippen LogP contribution in [0.3, 0.4) is 0 Å². The maximum atomic E-state index is 12.5. The lowest BCUT2D eigenvalue weighted by Crippen LogP contribution is -2.53. The summed E-state index contributed by atoms with van der Waals surface area (Å²) in [5, 5.41) is 3.36. The highest BCUT2D eigenvalue weighted by molar-refractivity contribution is 5.82. The van der Waals surface area contributed by atoms with Crippen molar-refractivity contribution in [2.75, 3.05) is 19.7 Å². The number of carbonyl (C=O) groups is 1. The lowest BCUT2D eigenvalue weighted by molar-refractivity contribution is -0.140. The first-order valence-electron chi connectivity index (χ1n) is 6.94. The molecule has 0 unspecified atom stereocenters. The molecule has 1 saturated heterocycles. The number of hydrogen-bond acceptors (Lipinski definition) is 3. The molecular formula is C15H20N2O2. The summed E-state index contributed by atoms with van der Waals surface area (Å²) in [5.41, 5.74) is 2.60. The number of fused-ring (bicyclic) bond motifs is 1. The fourth-order valence-corrected chi connectivity index (χ4v) is 2.87. The van der Waals surface area contributed by atoms with Gasteiger partial charge in [-0.15, -0.1) is 0 Å². The number of carbonyl (C=O) groups excluding carboxylic acids is 1. The third-order valence-electron chi connectivity index (χ3n) is 3.93. The summed E-state index contributed by atoms with van der Waals surface area (Å²) in [6, 6.07) is 8.26. The Morgan fingerprint density at radius 1 is 1.37 bits per heavy atom. The molecule has 1 N–H and O–H groups in total. The number of rotatable bonds is 1. The predicted molar refractivity (Wildman–Crippen MR) is 72.8 cm³/mol. The van der Waals surface area contributed by atoms with Gasteiger partial charge in [0.15, 0.2) is 0 Å². The average molecular weight is 260 g/mol. The smallest absolute Gasteiger partial charge is 0.240 e. The second-order valence-electron chi connectivity index (χ2n) is 5.37. The molecule has 4 heteroatoms. The lowest BCUT2D eigenvalue weighted by Gasteiger charge is -2.35. The lowest BCUT2D eigenvalue weighted by atomic mass is 9.95. The third-order valence-corrected chi connectivity index (χ3v) is 3.93. The fraction of sp³-hybridized carbons (Fsp3) is 0.533. The number of ether oxygens (including phenoxy) is 1. The van der Waals surface area contributed by atoms with Crippen molar-refractivity contribution < 1.29 is 9.53 Å².